The van der Waals surface area contributed by atoms with E-state index in [0.717, 1.165) is 17.1 Å². The number of nitrogens with one attached hydrogen (secondary N) is 1. The van der Waals surface area contributed by atoms with Crippen molar-refractivity contribution >= 4 is 22.5 Å². The number of urea groups is 1. The SMILES string of the molecule is CN(CCc1ccccn1)C(=O)Nc1nnc(C2CC2)s1. The number of carbonyl (C=O) groups excluding carboxylic acids is 1. The second-order valence-corrected chi connectivity index (χ2v) is 6.15. The summed E-state index contributed by atoms with van der Waals surface area (Å²) in [7, 11) is 1.76. The van der Waals surface area contributed by atoms with Gasteiger partial charge in [0.25, 0.3) is 0 Å². The summed E-state index contributed by atoms with van der Waals surface area (Å²) in [4.78, 5) is 17.9. The molecule has 2 amide bonds. The predicted octanol–water partition coefficient (Wildman–Crippen LogP) is 2.52. The van der Waals surface area contributed by atoms with E-state index in [0.29, 0.717) is 17.6 Å². The summed E-state index contributed by atoms with van der Waals surface area (Å²) in [5, 5.41) is 12.5. The molecule has 1 aliphatic rings. The monoisotopic (exact) mass is 303 g/mol. The van der Waals surface area contributed by atoms with E-state index < -0.39 is 0 Å². The van der Waals surface area contributed by atoms with Crippen molar-refractivity contribution in [1.29, 1.82) is 0 Å². The Morgan fingerprint density at radius 1 is 1.43 bits per heavy atom. The number of anilines is 1. The number of rotatable bonds is 5. The van der Waals surface area contributed by atoms with Gasteiger partial charge in [-0.15, -0.1) is 10.2 Å². The van der Waals surface area contributed by atoms with Crippen molar-refractivity contribution in [3.63, 3.8) is 0 Å². The number of amides is 2. The Morgan fingerprint density at radius 2 is 2.29 bits per heavy atom. The van der Waals surface area contributed by atoms with E-state index in [2.05, 4.69) is 20.5 Å². The number of hydrogen-bond donors (Lipinski definition) is 1. The molecule has 0 aliphatic heterocycles. The number of likely N-dealkylation sites (N-methyl/N-ethyl adjacent to an activating group) is 1. The largest absolute Gasteiger partial charge is 0.327 e. The minimum atomic E-state index is -0.163. The van der Waals surface area contributed by atoms with Gasteiger partial charge >= 0.3 is 6.03 Å². The van der Waals surface area contributed by atoms with Gasteiger partial charge in [0.05, 0.1) is 0 Å². The maximum Gasteiger partial charge on any atom is 0.323 e. The minimum absolute atomic E-state index is 0.163. The first-order valence-corrected chi connectivity index (χ1v) is 7.79. The van der Waals surface area contributed by atoms with Crippen LogP contribution in [0.5, 0.6) is 0 Å². The van der Waals surface area contributed by atoms with E-state index in [1.165, 1.54) is 24.2 Å². The van der Waals surface area contributed by atoms with Crippen LogP contribution in [-0.4, -0.2) is 39.7 Å². The molecule has 0 spiro atoms. The van der Waals surface area contributed by atoms with Crippen molar-refractivity contribution in [2.45, 2.75) is 25.2 Å². The summed E-state index contributed by atoms with van der Waals surface area (Å²) >= 11 is 1.47. The summed E-state index contributed by atoms with van der Waals surface area (Å²) in [6, 6.07) is 5.62. The summed E-state index contributed by atoms with van der Waals surface area (Å²) in [5.74, 6) is 0.565. The molecule has 3 rings (SSSR count). The van der Waals surface area contributed by atoms with E-state index in [1.54, 1.807) is 18.1 Å². The van der Waals surface area contributed by atoms with E-state index in [9.17, 15) is 4.79 Å². The minimum Gasteiger partial charge on any atom is -0.327 e. The van der Waals surface area contributed by atoms with Gasteiger partial charge in [0, 0.05) is 37.8 Å². The van der Waals surface area contributed by atoms with Gasteiger partial charge in [0.2, 0.25) is 5.13 Å². The molecule has 0 radical (unpaired) electrons. The highest BCUT2D eigenvalue weighted by Gasteiger charge is 2.27. The molecule has 2 aromatic heterocycles. The maximum atomic E-state index is 12.1. The number of carbonyl (C=O) groups is 1. The zero-order valence-corrected chi connectivity index (χ0v) is 12.6. The lowest BCUT2D eigenvalue weighted by atomic mass is 10.2. The second-order valence-electron chi connectivity index (χ2n) is 5.14. The molecule has 110 valence electrons. The van der Waals surface area contributed by atoms with Crippen molar-refractivity contribution in [3.8, 4) is 0 Å². The average molecular weight is 303 g/mol. The van der Waals surface area contributed by atoms with Crippen molar-refractivity contribution in [2.75, 3.05) is 18.9 Å². The Labute approximate surface area is 127 Å². The lowest BCUT2D eigenvalue weighted by molar-refractivity contribution is 0.223. The Hall–Kier alpha value is -2.02. The van der Waals surface area contributed by atoms with Gasteiger partial charge in [-0.05, 0) is 25.0 Å². The molecule has 0 saturated heterocycles. The lowest BCUT2D eigenvalue weighted by Crippen LogP contribution is -2.33. The van der Waals surface area contributed by atoms with Crippen molar-refractivity contribution in [3.05, 3.63) is 35.1 Å². The highest BCUT2D eigenvalue weighted by atomic mass is 32.1. The molecule has 0 unspecified atom stereocenters. The van der Waals surface area contributed by atoms with E-state index in [4.69, 9.17) is 0 Å². The Kier molecular flexibility index (Phi) is 4.10. The van der Waals surface area contributed by atoms with Crippen LogP contribution in [0.15, 0.2) is 24.4 Å². The molecular weight excluding hydrogens is 286 g/mol. The number of hydrogen-bond acceptors (Lipinski definition) is 5. The number of aromatic nitrogens is 3. The third-order valence-corrected chi connectivity index (χ3v) is 4.36. The van der Waals surface area contributed by atoms with Crippen LogP contribution in [0.2, 0.25) is 0 Å². The van der Waals surface area contributed by atoms with Crippen LogP contribution in [0.4, 0.5) is 9.93 Å². The highest BCUT2D eigenvalue weighted by molar-refractivity contribution is 7.15. The fraction of sp³-hybridized carbons (Fsp3) is 0.429. The van der Waals surface area contributed by atoms with Crippen LogP contribution in [0.25, 0.3) is 0 Å². The van der Waals surface area contributed by atoms with Gasteiger partial charge in [0.15, 0.2) is 0 Å². The quantitative estimate of drug-likeness (QED) is 0.921. The van der Waals surface area contributed by atoms with Gasteiger partial charge in [-0.1, -0.05) is 17.4 Å². The molecule has 21 heavy (non-hydrogen) atoms. The molecule has 7 heteroatoms. The second kappa shape index (κ2) is 6.17. The summed E-state index contributed by atoms with van der Waals surface area (Å²) in [6.45, 7) is 0.608. The first-order valence-electron chi connectivity index (χ1n) is 6.98. The standard InChI is InChI=1S/C14H17N5OS/c1-19(9-7-11-4-2-3-8-15-11)14(20)16-13-18-17-12(21-13)10-5-6-10/h2-4,8,10H,5-7,9H2,1H3,(H,16,18,20). The van der Waals surface area contributed by atoms with Crippen LogP contribution in [0.1, 0.15) is 29.5 Å². The van der Waals surface area contributed by atoms with Gasteiger partial charge < -0.3 is 4.90 Å². The zero-order chi connectivity index (χ0) is 14.7. The molecule has 1 fully saturated rings. The molecule has 1 N–H and O–H groups in total. The Balaban J connectivity index is 1.49. The number of nitrogens with zero attached hydrogens (tertiary/aromatic N) is 4. The predicted molar refractivity (Wildman–Crippen MR) is 81.5 cm³/mol. The normalized spacial score (nSPS) is 14.0. The smallest absolute Gasteiger partial charge is 0.323 e. The van der Waals surface area contributed by atoms with E-state index >= 15 is 0 Å². The van der Waals surface area contributed by atoms with Crippen LogP contribution in [0, 0.1) is 0 Å². The molecule has 1 aliphatic carbocycles. The first kappa shape index (κ1) is 13.9. The summed E-state index contributed by atoms with van der Waals surface area (Å²) in [5.41, 5.74) is 0.976. The van der Waals surface area contributed by atoms with Gasteiger partial charge in [-0.3, -0.25) is 10.3 Å². The van der Waals surface area contributed by atoms with E-state index in [1.807, 2.05) is 18.2 Å². The van der Waals surface area contributed by atoms with Crippen LogP contribution in [-0.2, 0) is 6.42 Å². The summed E-state index contributed by atoms with van der Waals surface area (Å²) in [6.07, 6.45) is 4.86. The molecule has 1 saturated carbocycles. The molecule has 0 bridgehead atoms. The number of pyridine rings is 1. The highest BCUT2D eigenvalue weighted by Crippen LogP contribution is 2.42. The van der Waals surface area contributed by atoms with Crippen LogP contribution >= 0.6 is 11.3 Å². The van der Waals surface area contributed by atoms with E-state index in [-0.39, 0.29) is 6.03 Å². The molecule has 0 aromatic carbocycles. The molecule has 2 heterocycles. The van der Waals surface area contributed by atoms with Crippen LogP contribution in [0.3, 0.4) is 0 Å². The van der Waals surface area contributed by atoms with Gasteiger partial charge in [-0.2, -0.15) is 0 Å². The summed E-state index contributed by atoms with van der Waals surface area (Å²) < 4.78 is 0. The fourth-order valence-corrected chi connectivity index (χ4v) is 2.80. The van der Waals surface area contributed by atoms with Gasteiger partial charge in [0.1, 0.15) is 5.01 Å². The van der Waals surface area contributed by atoms with Crippen molar-refractivity contribution in [2.24, 2.45) is 0 Å². The van der Waals surface area contributed by atoms with Crippen molar-refractivity contribution < 1.29 is 4.79 Å². The van der Waals surface area contributed by atoms with Gasteiger partial charge in [-0.25, -0.2) is 4.79 Å². The molecule has 2 aromatic rings. The van der Waals surface area contributed by atoms with Crippen LogP contribution < -0.4 is 5.32 Å². The first-order chi connectivity index (χ1) is 10.2. The molecule has 6 nitrogen and oxygen atoms in total. The third kappa shape index (κ3) is 3.75. The Morgan fingerprint density at radius 3 is 3.00 bits per heavy atom. The maximum absolute atomic E-state index is 12.1. The fourth-order valence-electron chi connectivity index (χ4n) is 1.90. The van der Waals surface area contributed by atoms with Crippen molar-refractivity contribution in [1.82, 2.24) is 20.1 Å². The Bertz CT molecular complexity index is 611. The lowest BCUT2D eigenvalue weighted by Gasteiger charge is -2.16. The zero-order valence-electron chi connectivity index (χ0n) is 11.8. The molecule has 0 atom stereocenters. The average Bonchev–Trinajstić information content (AvgIpc) is 3.26. The third-order valence-electron chi connectivity index (χ3n) is 3.36. The molecular formula is C14H17N5OS. The topological polar surface area (TPSA) is 71.0 Å².